The predicted molar refractivity (Wildman–Crippen MR) is 125 cm³/mol. The molecule has 2 atom stereocenters. The quantitative estimate of drug-likeness (QED) is 0.546. The van der Waals surface area contributed by atoms with Crippen molar-refractivity contribution in [2.24, 2.45) is 0 Å². The molecule has 2 aromatic rings. The Kier molecular flexibility index (Phi) is 7.19. The lowest BCUT2D eigenvalue weighted by molar-refractivity contribution is 0.119. The van der Waals surface area contributed by atoms with E-state index in [0.717, 1.165) is 0 Å². The molecule has 4 heterocycles. The van der Waals surface area contributed by atoms with Crippen LogP contribution in [-0.4, -0.2) is 39.0 Å². The maximum absolute atomic E-state index is 4.48. The van der Waals surface area contributed by atoms with Crippen LogP contribution in [0.2, 0.25) is 0 Å². The molecule has 0 spiro atoms. The molecule has 0 aliphatic carbocycles. The van der Waals surface area contributed by atoms with Gasteiger partial charge in [0.1, 0.15) is 0 Å². The number of hydrogen-bond acceptors (Lipinski definition) is 4. The standard InChI is InChI=1S/C13H20N2.C12H19NS/c1-13(2,3)15-10-6-8-12(15)11-7-4-5-9-14-11;1-12(2,3)13-8-4-6-10(13)11-7-5-9-14-11/h4-5,7,9,12H,6,8,10H2,1-3H3;5,7,9-10H,4,6,8H2,1-3H3. The molecule has 0 bridgehead atoms. The summed E-state index contributed by atoms with van der Waals surface area (Å²) < 4.78 is 0. The highest BCUT2D eigenvalue weighted by Gasteiger charge is 2.35. The Hall–Kier alpha value is -1.23. The number of rotatable bonds is 2. The molecular weight excluding hydrogens is 374 g/mol. The Morgan fingerprint density at radius 2 is 1.45 bits per heavy atom. The van der Waals surface area contributed by atoms with E-state index in [2.05, 4.69) is 86.0 Å². The van der Waals surface area contributed by atoms with Crippen molar-refractivity contribution in [1.29, 1.82) is 0 Å². The first-order chi connectivity index (χ1) is 13.7. The fraction of sp³-hybridized carbons (Fsp3) is 0.640. The van der Waals surface area contributed by atoms with E-state index in [1.54, 1.807) is 0 Å². The average molecular weight is 414 g/mol. The van der Waals surface area contributed by atoms with Gasteiger partial charge in [0.15, 0.2) is 0 Å². The maximum Gasteiger partial charge on any atom is 0.0575 e. The van der Waals surface area contributed by atoms with Gasteiger partial charge in [0.05, 0.1) is 11.7 Å². The van der Waals surface area contributed by atoms with Crippen molar-refractivity contribution in [3.63, 3.8) is 0 Å². The zero-order valence-electron chi connectivity index (χ0n) is 19.2. The summed E-state index contributed by atoms with van der Waals surface area (Å²) in [6.07, 6.45) is 7.11. The fourth-order valence-corrected chi connectivity index (χ4v) is 5.67. The average Bonchev–Trinajstić information content (AvgIpc) is 3.41. The number of aromatic nitrogens is 1. The van der Waals surface area contributed by atoms with Crippen LogP contribution in [-0.2, 0) is 0 Å². The zero-order chi connectivity index (χ0) is 21.1. The second kappa shape index (κ2) is 9.28. The summed E-state index contributed by atoms with van der Waals surface area (Å²) >= 11 is 1.90. The normalized spacial score (nSPS) is 23.8. The van der Waals surface area contributed by atoms with Crippen molar-refractivity contribution in [3.05, 3.63) is 52.5 Å². The van der Waals surface area contributed by atoms with Gasteiger partial charge in [-0.25, -0.2) is 0 Å². The Morgan fingerprint density at radius 1 is 0.828 bits per heavy atom. The SMILES string of the molecule is CC(C)(C)N1CCCC1c1ccccn1.CC(C)(C)N1CCCC1c1cccs1. The number of hydrogen-bond donors (Lipinski definition) is 0. The second-order valence-electron chi connectivity index (χ2n) is 10.3. The predicted octanol–water partition coefficient (Wildman–Crippen LogP) is 6.70. The Morgan fingerprint density at radius 3 is 1.97 bits per heavy atom. The lowest BCUT2D eigenvalue weighted by Gasteiger charge is -2.36. The second-order valence-corrected chi connectivity index (χ2v) is 11.3. The molecule has 0 saturated carbocycles. The molecule has 2 saturated heterocycles. The smallest absolute Gasteiger partial charge is 0.0575 e. The monoisotopic (exact) mass is 413 g/mol. The topological polar surface area (TPSA) is 19.4 Å². The molecule has 2 unspecified atom stereocenters. The van der Waals surface area contributed by atoms with Crippen LogP contribution in [0.15, 0.2) is 41.9 Å². The minimum Gasteiger partial charge on any atom is -0.291 e. The van der Waals surface area contributed by atoms with E-state index >= 15 is 0 Å². The molecule has 0 N–H and O–H groups in total. The minimum atomic E-state index is 0.249. The van der Waals surface area contributed by atoms with Crippen molar-refractivity contribution in [2.75, 3.05) is 13.1 Å². The minimum absolute atomic E-state index is 0.249. The molecule has 4 heteroatoms. The van der Waals surface area contributed by atoms with Gasteiger partial charge in [-0.15, -0.1) is 11.3 Å². The van der Waals surface area contributed by atoms with Gasteiger partial charge in [-0.2, -0.15) is 0 Å². The Labute approximate surface area is 182 Å². The van der Waals surface area contributed by atoms with Crippen molar-refractivity contribution in [2.45, 2.75) is 90.4 Å². The summed E-state index contributed by atoms with van der Waals surface area (Å²) in [6.45, 7) is 16.3. The third-order valence-corrected chi connectivity index (χ3v) is 7.10. The van der Waals surface area contributed by atoms with E-state index in [1.807, 2.05) is 23.6 Å². The highest BCUT2D eigenvalue weighted by atomic mass is 32.1. The highest BCUT2D eigenvalue weighted by Crippen LogP contribution is 2.39. The molecule has 0 amide bonds. The maximum atomic E-state index is 4.48. The number of nitrogens with zero attached hydrogens (tertiary/aromatic N) is 3. The molecule has 160 valence electrons. The number of pyridine rings is 1. The van der Waals surface area contributed by atoms with Crippen molar-refractivity contribution >= 4 is 11.3 Å². The Bertz CT molecular complexity index is 728. The van der Waals surface area contributed by atoms with Crippen LogP contribution in [0.5, 0.6) is 0 Å². The number of likely N-dealkylation sites (tertiary alicyclic amines) is 2. The number of thiophene rings is 1. The first-order valence-corrected chi connectivity index (χ1v) is 12.0. The van der Waals surface area contributed by atoms with E-state index in [4.69, 9.17) is 0 Å². The Balaban J connectivity index is 0.000000166. The van der Waals surface area contributed by atoms with Gasteiger partial charge in [0.25, 0.3) is 0 Å². The van der Waals surface area contributed by atoms with Crippen LogP contribution in [0.3, 0.4) is 0 Å². The molecule has 4 rings (SSSR count). The van der Waals surface area contributed by atoms with Gasteiger partial charge >= 0.3 is 0 Å². The van der Waals surface area contributed by atoms with Crippen LogP contribution in [0, 0.1) is 0 Å². The van der Waals surface area contributed by atoms with E-state index in [1.165, 1.54) is 49.3 Å². The lowest BCUT2D eigenvalue weighted by atomic mass is 10.0. The molecule has 0 aromatic carbocycles. The third kappa shape index (κ3) is 5.68. The fourth-order valence-electron chi connectivity index (χ4n) is 4.80. The van der Waals surface area contributed by atoms with Crippen molar-refractivity contribution in [1.82, 2.24) is 14.8 Å². The van der Waals surface area contributed by atoms with Gasteiger partial charge in [-0.05, 0) is 104 Å². The van der Waals surface area contributed by atoms with Gasteiger partial charge in [-0.1, -0.05) is 12.1 Å². The van der Waals surface area contributed by atoms with Crippen molar-refractivity contribution in [3.8, 4) is 0 Å². The van der Waals surface area contributed by atoms with Crippen LogP contribution in [0.4, 0.5) is 0 Å². The molecule has 2 aliphatic rings. The summed E-state index contributed by atoms with van der Waals surface area (Å²) in [7, 11) is 0. The van der Waals surface area contributed by atoms with Gasteiger partial charge in [-0.3, -0.25) is 14.8 Å². The van der Waals surface area contributed by atoms with Crippen LogP contribution < -0.4 is 0 Å². The van der Waals surface area contributed by atoms with Gasteiger partial charge in [0.2, 0.25) is 0 Å². The molecule has 3 nitrogen and oxygen atoms in total. The van der Waals surface area contributed by atoms with Gasteiger partial charge in [0, 0.05) is 28.2 Å². The molecule has 29 heavy (non-hydrogen) atoms. The molecule has 2 fully saturated rings. The largest absolute Gasteiger partial charge is 0.291 e. The summed E-state index contributed by atoms with van der Waals surface area (Å²) in [4.78, 5) is 11.2. The van der Waals surface area contributed by atoms with Crippen LogP contribution in [0.1, 0.15) is 89.9 Å². The van der Waals surface area contributed by atoms with E-state index in [-0.39, 0.29) is 5.54 Å². The molecule has 2 aromatic heterocycles. The summed E-state index contributed by atoms with van der Waals surface area (Å²) in [5.41, 5.74) is 1.79. The summed E-state index contributed by atoms with van der Waals surface area (Å²) in [6, 6.07) is 11.9. The molecular formula is C25H39N3S. The zero-order valence-corrected chi connectivity index (χ0v) is 20.0. The molecule has 0 radical (unpaired) electrons. The van der Waals surface area contributed by atoms with E-state index in [0.29, 0.717) is 17.6 Å². The van der Waals surface area contributed by atoms with Crippen LogP contribution in [0.25, 0.3) is 0 Å². The first kappa shape index (κ1) is 22.5. The van der Waals surface area contributed by atoms with E-state index in [9.17, 15) is 0 Å². The van der Waals surface area contributed by atoms with E-state index < -0.39 is 0 Å². The van der Waals surface area contributed by atoms with Crippen molar-refractivity contribution < 1.29 is 0 Å². The summed E-state index contributed by atoms with van der Waals surface area (Å²) in [5, 5.41) is 2.19. The molecule has 2 aliphatic heterocycles. The third-order valence-electron chi connectivity index (χ3n) is 6.13. The lowest BCUT2D eigenvalue weighted by Crippen LogP contribution is -2.40. The highest BCUT2D eigenvalue weighted by molar-refractivity contribution is 7.10. The summed E-state index contributed by atoms with van der Waals surface area (Å²) in [5.74, 6) is 0. The van der Waals surface area contributed by atoms with Crippen LogP contribution >= 0.6 is 11.3 Å². The van der Waals surface area contributed by atoms with Gasteiger partial charge < -0.3 is 0 Å². The first-order valence-electron chi connectivity index (χ1n) is 11.2.